The molecule has 0 aliphatic carbocycles. The summed E-state index contributed by atoms with van der Waals surface area (Å²) in [7, 11) is 0. The standard InChI is InChI=1S/C27H25NO4/c1-17-4-12-23(26(30)14-17)28(24-13-5-18(2)15-27(24)31)20-7-10-21(11-8-20)32-22-9-6-19(3)25(29)16-22/h4-16,29-31H,1-3H3. The Morgan fingerprint density at radius 1 is 0.562 bits per heavy atom. The third-order valence-corrected chi connectivity index (χ3v) is 5.25. The summed E-state index contributed by atoms with van der Waals surface area (Å²) in [5.41, 5.74) is 4.48. The van der Waals surface area contributed by atoms with Gasteiger partial charge in [-0.15, -0.1) is 0 Å². The highest BCUT2D eigenvalue weighted by Crippen LogP contribution is 2.44. The first-order valence-corrected chi connectivity index (χ1v) is 10.3. The second-order valence-electron chi connectivity index (χ2n) is 7.86. The third-order valence-electron chi connectivity index (χ3n) is 5.25. The summed E-state index contributed by atoms with van der Waals surface area (Å²) >= 11 is 0. The SMILES string of the molecule is Cc1ccc(N(c2ccc(Oc3ccc(C)c(O)c3)cc2)c2ccc(C)cc2O)c(O)c1. The van der Waals surface area contributed by atoms with Crippen LogP contribution in [0.2, 0.25) is 0 Å². The van der Waals surface area contributed by atoms with Crippen LogP contribution in [0.4, 0.5) is 17.1 Å². The van der Waals surface area contributed by atoms with Crippen LogP contribution in [0.15, 0.2) is 78.9 Å². The van der Waals surface area contributed by atoms with E-state index >= 15 is 0 Å². The number of nitrogens with zero attached hydrogens (tertiary/aromatic N) is 1. The van der Waals surface area contributed by atoms with Crippen molar-refractivity contribution in [3.63, 3.8) is 0 Å². The smallest absolute Gasteiger partial charge is 0.139 e. The molecule has 0 atom stereocenters. The molecule has 5 nitrogen and oxygen atoms in total. The fraction of sp³-hybridized carbons (Fsp3) is 0.111. The van der Waals surface area contributed by atoms with Crippen LogP contribution < -0.4 is 9.64 Å². The lowest BCUT2D eigenvalue weighted by atomic mass is 10.1. The van der Waals surface area contributed by atoms with Crippen molar-refractivity contribution in [1.29, 1.82) is 0 Å². The van der Waals surface area contributed by atoms with Gasteiger partial charge in [0.15, 0.2) is 0 Å². The molecule has 0 saturated heterocycles. The van der Waals surface area contributed by atoms with Gasteiger partial charge in [-0.05, 0) is 92.1 Å². The van der Waals surface area contributed by atoms with Crippen molar-refractivity contribution >= 4 is 17.1 Å². The number of phenols is 3. The van der Waals surface area contributed by atoms with Gasteiger partial charge in [-0.25, -0.2) is 0 Å². The van der Waals surface area contributed by atoms with E-state index in [-0.39, 0.29) is 17.2 Å². The minimum absolute atomic E-state index is 0.112. The number of rotatable bonds is 5. The molecule has 4 rings (SSSR count). The molecule has 0 bridgehead atoms. The maximum atomic E-state index is 10.7. The molecule has 162 valence electrons. The Hall–Kier alpha value is -4.12. The van der Waals surface area contributed by atoms with Crippen molar-refractivity contribution in [2.75, 3.05) is 4.90 Å². The average molecular weight is 428 g/mol. The van der Waals surface area contributed by atoms with E-state index in [2.05, 4.69) is 0 Å². The number of aromatic hydroxyl groups is 3. The zero-order chi connectivity index (χ0) is 22.8. The van der Waals surface area contributed by atoms with E-state index in [1.165, 1.54) is 0 Å². The lowest BCUT2D eigenvalue weighted by Crippen LogP contribution is -2.10. The number of benzene rings is 4. The molecule has 0 heterocycles. The number of hydrogen-bond donors (Lipinski definition) is 3. The molecule has 0 saturated carbocycles. The summed E-state index contributed by atoms with van der Waals surface area (Å²) in [6.45, 7) is 5.64. The summed E-state index contributed by atoms with van der Waals surface area (Å²) in [4.78, 5) is 1.80. The molecule has 0 aliphatic rings. The number of anilines is 3. The summed E-state index contributed by atoms with van der Waals surface area (Å²) in [5, 5.41) is 31.2. The lowest BCUT2D eigenvalue weighted by Gasteiger charge is -2.27. The molecule has 0 aliphatic heterocycles. The largest absolute Gasteiger partial charge is 0.508 e. The third kappa shape index (κ3) is 4.32. The van der Waals surface area contributed by atoms with Crippen molar-refractivity contribution in [1.82, 2.24) is 0 Å². The monoisotopic (exact) mass is 427 g/mol. The van der Waals surface area contributed by atoms with Crippen LogP contribution >= 0.6 is 0 Å². The summed E-state index contributed by atoms with van der Waals surface area (Å²) in [6.07, 6.45) is 0. The van der Waals surface area contributed by atoms with Crippen molar-refractivity contribution in [3.8, 4) is 28.7 Å². The van der Waals surface area contributed by atoms with E-state index in [0.29, 0.717) is 22.9 Å². The fourth-order valence-electron chi connectivity index (χ4n) is 3.51. The Morgan fingerprint density at radius 3 is 1.59 bits per heavy atom. The van der Waals surface area contributed by atoms with E-state index < -0.39 is 0 Å². The molecule has 0 fully saturated rings. The van der Waals surface area contributed by atoms with Crippen LogP contribution in [0.1, 0.15) is 16.7 Å². The van der Waals surface area contributed by atoms with Gasteiger partial charge in [0.1, 0.15) is 28.7 Å². The molecule has 4 aromatic rings. The molecule has 32 heavy (non-hydrogen) atoms. The highest BCUT2D eigenvalue weighted by atomic mass is 16.5. The zero-order valence-electron chi connectivity index (χ0n) is 18.2. The van der Waals surface area contributed by atoms with Gasteiger partial charge in [-0.1, -0.05) is 18.2 Å². The average Bonchev–Trinajstić information content (AvgIpc) is 2.75. The van der Waals surface area contributed by atoms with E-state index in [4.69, 9.17) is 4.74 Å². The minimum Gasteiger partial charge on any atom is -0.508 e. The predicted octanol–water partition coefficient (Wildman–Crippen LogP) is 6.99. The summed E-state index contributed by atoms with van der Waals surface area (Å²) in [6, 6.07) is 23.3. The van der Waals surface area contributed by atoms with Crippen LogP contribution in [-0.2, 0) is 0 Å². The Bertz CT molecular complexity index is 1210. The molecular formula is C27H25NO4. The zero-order valence-corrected chi connectivity index (χ0v) is 18.2. The van der Waals surface area contributed by atoms with Crippen LogP contribution in [0.5, 0.6) is 28.7 Å². The highest BCUT2D eigenvalue weighted by molar-refractivity contribution is 5.83. The van der Waals surface area contributed by atoms with E-state index in [1.54, 1.807) is 47.4 Å². The van der Waals surface area contributed by atoms with Crippen molar-refractivity contribution in [2.24, 2.45) is 0 Å². The van der Waals surface area contributed by atoms with Gasteiger partial charge in [0.05, 0.1) is 11.4 Å². The first kappa shape index (κ1) is 21.1. The minimum atomic E-state index is 0.112. The van der Waals surface area contributed by atoms with Gasteiger partial charge in [0.25, 0.3) is 0 Å². The van der Waals surface area contributed by atoms with Gasteiger partial charge < -0.3 is 25.0 Å². The maximum absolute atomic E-state index is 10.7. The molecule has 0 aromatic heterocycles. The van der Waals surface area contributed by atoms with Crippen molar-refractivity contribution < 1.29 is 20.1 Å². The first-order chi connectivity index (χ1) is 15.3. The normalized spacial score (nSPS) is 10.7. The van der Waals surface area contributed by atoms with Gasteiger partial charge in [0.2, 0.25) is 0 Å². The van der Waals surface area contributed by atoms with Crippen molar-refractivity contribution in [2.45, 2.75) is 20.8 Å². The molecule has 0 radical (unpaired) electrons. The van der Waals surface area contributed by atoms with Crippen molar-refractivity contribution in [3.05, 3.63) is 95.6 Å². The molecular weight excluding hydrogens is 402 g/mol. The van der Waals surface area contributed by atoms with Crippen LogP contribution in [0.25, 0.3) is 0 Å². The second kappa shape index (κ2) is 8.55. The Labute approximate surface area is 187 Å². The summed E-state index contributed by atoms with van der Waals surface area (Å²) < 4.78 is 5.86. The van der Waals surface area contributed by atoms with Crippen LogP contribution in [-0.4, -0.2) is 15.3 Å². The Balaban J connectivity index is 1.73. The molecule has 5 heteroatoms. The van der Waals surface area contributed by atoms with E-state index in [1.807, 2.05) is 57.2 Å². The number of aryl methyl sites for hydroxylation is 3. The Morgan fingerprint density at radius 2 is 1.09 bits per heavy atom. The predicted molar refractivity (Wildman–Crippen MR) is 127 cm³/mol. The number of ether oxygens (including phenoxy) is 1. The van der Waals surface area contributed by atoms with E-state index in [0.717, 1.165) is 22.4 Å². The fourth-order valence-corrected chi connectivity index (χ4v) is 3.51. The topological polar surface area (TPSA) is 73.2 Å². The van der Waals surface area contributed by atoms with Crippen LogP contribution in [0.3, 0.4) is 0 Å². The maximum Gasteiger partial charge on any atom is 0.139 e. The van der Waals surface area contributed by atoms with Gasteiger partial charge in [-0.2, -0.15) is 0 Å². The van der Waals surface area contributed by atoms with Crippen LogP contribution in [0, 0.1) is 20.8 Å². The summed E-state index contributed by atoms with van der Waals surface area (Å²) in [5.74, 6) is 1.53. The number of phenolic OH excluding ortho intramolecular Hbond substituents is 3. The van der Waals surface area contributed by atoms with Gasteiger partial charge >= 0.3 is 0 Å². The second-order valence-corrected chi connectivity index (χ2v) is 7.86. The molecule has 0 spiro atoms. The molecule has 0 amide bonds. The highest BCUT2D eigenvalue weighted by Gasteiger charge is 2.19. The lowest BCUT2D eigenvalue weighted by molar-refractivity contribution is 0.452. The first-order valence-electron chi connectivity index (χ1n) is 10.3. The molecule has 4 aromatic carbocycles. The number of hydrogen-bond acceptors (Lipinski definition) is 5. The van der Waals surface area contributed by atoms with Gasteiger partial charge in [-0.3, -0.25) is 0 Å². The van der Waals surface area contributed by atoms with E-state index in [9.17, 15) is 15.3 Å². The van der Waals surface area contributed by atoms with Gasteiger partial charge in [0, 0.05) is 11.8 Å². The quantitative estimate of drug-likeness (QED) is 0.320. The Kier molecular flexibility index (Phi) is 5.65. The molecule has 3 N–H and O–H groups in total. The molecule has 0 unspecified atom stereocenters.